The molecule has 1 atom stereocenters. The molecule has 1 unspecified atom stereocenters. The van der Waals surface area contributed by atoms with Crippen molar-refractivity contribution in [1.82, 2.24) is 0 Å². The molecule has 0 bridgehead atoms. The van der Waals surface area contributed by atoms with Gasteiger partial charge in [-0.3, -0.25) is 0 Å². The van der Waals surface area contributed by atoms with E-state index in [0.29, 0.717) is 12.1 Å². The van der Waals surface area contributed by atoms with Gasteiger partial charge in [0.05, 0.1) is 0 Å². The van der Waals surface area contributed by atoms with E-state index >= 15 is 0 Å². The monoisotopic (exact) mass is 245 g/mol. The molecule has 1 heterocycles. The summed E-state index contributed by atoms with van der Waals surface area (Å²) in [5, 5.41) is 3.29. The fourth-order valence-corrected chi connectivity index (χ4v) is 2.49. The standard InChI is InChI=1S/C15H13F2N/c16-12-5-6-13(14(17)8-12)11-7-10-3-1-2-4-15(10)18-9-11/h1-6,8,11,18H,7,9H2. The average molecular weight is 245 g/mol. The summed E-state index contributed by atoms with van der Waals surface area (Å²) < 4.78 is 26.6. The maximum absolute atomic E-state index is 13.7. The minimum atomic E-state index is -0.527. The number of benzene rings is 2. The maximum Gasteiger partial charge on any atom is 0.129 e. The fraction of sp³-hybridized carbons (Fsp3) is 0.200. The van der Waals surface area contributed by atoms with Gasteiger partial charge < -0.3 is 5.32 Å². The molecule has 0 spiro atoms. The third kappa shape index (κ3) is 1.96. The molecule has 1 nitrogen and oxygen atoms in total. The van der Waals surface area contributed by atoms with Crippen LogP contribution >= 0.6 is 0 Å². The van der Waals surface area contributed by atoms with Gasteiger partial charge in [0, 0.05) is 24.2 Å². The highest BCUT2D eigenvalue weighted by Crippen LogP contribution is 2.31. The van der Waals surface area contributed by atoms with Gasteiger partial charge in [0.2, 0.25) is 0 Å². The van der Waals surface area contributed by atoms with E-state index < -0.39 is 11.6 Å². The van der Waals surface area contributed by atoms with Crippen molar-refractivity contribution < 1.29 is 8.78 Å². The van der Waals surface area contributed by atoms with Crippen LogP contribution in [-0.4, -0.2) is 6.54 Å². The van der Waals surface area contributed by atoms with Crippen LogP contribution in [0.15, 0.2) is 42.5 Å². The molecule has 0 amide bonds. The van der Waals surface area contributed by atoms with Crippen LogP contribution in [0.25, 0.3) is 0 Å². The zero-order valence-corrected chi connectivity index (χ0v) is 9.79. The van der Waals surface area contributed by atoms with Gasteiger partial charge in [-0.05, 0) is 29.7 Å². The number of para-hydroxylation sites is 1. The van der Waals surface area contributed by atoms with Gasteiger partial charge in [-0.1, -0.05) is 24.3 Å². The van der Waals surface area contributed by atoms with Gasteiger partial charge in [-0.15, -0.1) is 0 Å². The Kier molecular flexibility index (Phi) is 2.74. The number of fused-ring (bicyclic) bond motifs is 1. The van der Waals surface area contributed by atoms with E-state index in [1.54, 1.807) is 6.07 Å². The van der Waals surface area contributed by atoms with Crippen molar-refractivity contribution in [2.45, 2.75) is 12.3 Å². The third-order valence-electron chi connectivity index (χ3n) is 3.42. The fourth-order valence-electron chi connectivity index (χ4n) is 2.49. The summed E-state index contributed by atoms with van der Waals surface area (Å²) in [6.07, 6.45) is 0.783. The SMILES string of the molecule is Fc1ccc(C2CNc3ccccc3C2)c(F)c1. The molecule has 92 valence electrons. The van der Waals surface area contributed by atoms with Crippen molar-refractivity contribution in [3.05, 3.63) is 65.2 Å². The molecule has 0 saturated heterocycles. The second-order valence-electron chi connectivity index (χ2n) is 4.60. The summed E-state index contributed by atoms with van der Waals surface area (Å²) in [5.41, 5.74) is 2.87. The van der Waals surface area contributed by atoms with Gasteiger partial charge in [-0.2, -0.15) is 0 Å². The van der Waals surface area contributed by atoms with Crippen LogP contribution in [0.4, 0.5) is 14.5 Å². The number of nitrogens with one attached hydrogen (secondary N) is 1. The molecule has 0 fully saturated rings. The van der Waals surface area contributed by atoms with Crippen molar-refractivity contribution >= 4 is 5.69 Å². The second-order valence-corrected chi connectivity index (χ2v) is 4.60. The summed E-state index contributed by atoms with van der Waals surface area (Å²) >= 11 is 0. The van der Waals surface area contributed by atoms with Gasteiger partial charge in [0.25, 0.3) is 0 Å². The third-order valence-corrected chi connectivity index (χ3v) is 3.42. The lowest BCUT2D eigenvalue weighted by Gasteiger charge is -2.26. The number of anilines is 1. The Balaban J connectivity index is 1.92. The molecule has 18 heavy (non-hydrogen) atoms. The molecule has 3 rings (SSSR count). The molecule has 1 aliphatic rings. The van der Waals surface area contributed by atoms with Crippen LogP contribution in [0.2, 0.25) is 0 Å². The molecular formula is C15H13F2N. The first-order valence-electron chi connectivity index (χ1n) is 6.01. The predicted molar refractivity (Wildman–Crippen MR) is 67.7 cm³/mol. The van der Waals surface area contributed by atoms with Crippen LogP contribution < -0.4 is 5.32 Å². The lowest BCUT2D eigenvalue weighted by atomic mass is 9.88. The molecule has 0 aliphatic carbocycles. The van der Waals surface area contributed by atoms with Crippen molar-refractivity contribution in [2.24, 2.45) is 0 Å². The minimum absolute atomic E-state index is 0.0560. The van der Waals surface area contributed by atoms with Crippen molar-refractivity contribution in [2.75, 3.05) is 11.9 Å². The summed E-state index contributed by atoms with van der Waals surface area (Å²) in [5.74, 6) is -0.929. The first-order chi connectivity index (χ1) is 8.74. The van der Waals surface area contributed by atoms with E-state index in [2.05, 4.69) is 5.32 Å². The number of halogens is 2. The molecule has 2 aromatic carbocycles. The Labute approximate surface area is 104 Å². The Morgan fingerprint density at radius 2 is 1.89 bits per heavy atom. The smallest absolute Gasteiger partial charge is 0.129 e. The summed E-state index contributed by atoms with van der Waals surface area (Å²) in [4.78, 5) is 0. The summed E-state index contributed by atoms with van der Waals surface area (Å²) in [6.45, 7) is 0.680. The van der Waals surface area contributed by atoms with Crippen LogP contribution in [-0.2, 0) is 6.42 Å². The normalized spacial score (nSPS) is 18.0. The van der Waals surface area contributed by atoms with Gasteiger partial charge >= 0.3 is 0 Å². The van der Waals surface area contributed by atoms with Crippen molar-refractivity contribution in [3.8, 4) is 0 Å². The zero-order chi connectivity index (χ0) is 12.5. The Morgan fingerprint density at radius 1 is 1.06 bits per heavy atom. The lowest BCUT2D eigenvalue weighted by Crippen LogP contribution is -2.22. The summed E-state index contributed by atoms with van der Waals surface area (Å²) in [6, 6.07) is 11.8. The molecule has 0 radical (unpaired) electrons. The minimum Gasteiger partial charge on any atom is -0.384 e. The van der Waals surface area contributed by atoms with Gasteiger partial charge in [0.15, 0.2) is 0 Å². The van der Waals surface area contributed by atoms with E-state index in [4.69, 9.17) is 0 Å². The highest BCUT2D eigenvalue weighted by atomic mass is 19.1. The van der Waals surface area contributed by atoms with E-state index in [0.717, 1.165) is 18.2 Å². The molecule has 0 aromatic heterocycles. The van der Waals surface area contributed by atoms with E-state index in [1.807, 2.05) is 24.3 Å². The molecule has 0 saturated carbocycles. The van der Waals surface area contributed by atoms with Crippen molar-refractivity contribution in [1.29, 1.82) is 0 Å². The highest BCUT2D eigenvalue weighted by Gasteiger charge is 2.22. The quantitative estimate of drug-likeness (QED) is 0.807. The van der Waals surface area contributed by atoms with E-state index in [9.17, 15) is 8.78 Å². The number of hydrogen-bond acceptors (Lipinski definition) is 1. The summed E-state index contributed by atoms with van der Waals surface area (Å²) in [7, 11) is 0. The van der Waals surface area contributed by atoms with Gasteiger partial charge in [-0.25, -0.2) is 8.78 Å². The van der Waals surface area contributed by atoms with Crippen LogP contribution in [0.3, 0.4) is 0 Å². The van der Waals surface area contributed by atoms with Crippen LogP contribution in [0.5, 0.6) is 0 Å². The molecule has 3 heteroatoms. The predicted octanol–water partition coefficient (Wildman–Crippen LogP) is 3.72. The van der Waals surface area contributed by atoms with Gasteiger partial charge in [0.1, 0.15) is 11.6 Å². The van der Waals surface area contributed by atoms with Crippen LogP contribution in [0.1, 0.15) is 17.0 Å². The Bertz CT molecular complexity index is 580. The topological polar surface area (TPSA) is 12.0 Å². The molecule has 1 N–H and O–H groups in total. The lowest BCUT2D eigenvalue weighted by molar-refractivity contribution is 0.552. The Hall–Kier alpha value is -1.90. The first-order valence-corrected chi connectivity index (χ1v) is 6.01. The van der Waals surface area contributed by atoms with E-state index in [-0.39, 0.29) is 5.92 Å². The molecule has 2 aromatic rings. The van der Waals surface area contributed by atoms with Crippen LogP contribution in [0, 0.1) is 11.6 Å². The molecular weight excluding hydrogens is 232 g/mol. The van der Waals surface area contributed by atoms with Crippen molar-refractivity contribution in [3.63, 3.8) is 0 Å². The highest BCUT2D eigenvalue weighted by molar-refractivity contribution is 5.54. The average Bonchev–Trinajstić information content (AvgIpc) is 2.38. The number of hydrogen-bond donors (Lipinski definition) is 1. The first kappa shape index (κ1) is 11.2. The maximum atomic E-state index is 13.7. The number of rotatable bonds is 1. The zero-order valence-electron chi connectivity index (χ0n) is 9.79. The largest absolute Gasteiger partial charge is 0.384 e. The Morgan fingerprint density at radius 3 is 2.72 bits per heavy atom. The second kappa shape index (κ2) is 4.41. The van der Waals surface area contributed by atoms with E-state index in [1.165, 1.54) is 11.6 Å². The molecule has 1 aliphatic heterocycles.